The van der Waals surface area contributed by atoms with Gasteiger partial charge in [0.15, 0.2) is 0 Å². The molecular weight excluding hydrogens is 310 g/mol. The van der Waals surface area contributed by atoms with Crippen LogP contribution in [0.25, 0.3) is 0 Å². The fourth-order valence-electron chi connectivity index (χ4n) is 3.41. The number of piperidine rings is 1. The number of hydrogen-bond donors (Lipinski definition) is 2. The molecule has 2 aliphatic rings. The summed E-state index contributed by atoms with van der Waals surface area (Å²) in [6.45, 7) is 2.25. The zero-order valence-electron chi connectivity index (χ0n) is 11.8. The molecule has 2 aliphatic heterocycles. The Hall–Kier alpha value is -0.820. The highest BCUT2D eigenvalue weighted by atomic mass is 35.5. The average Bonchev–Trinajstić information content (AvgIpc) is 2.83. The van der Waals surface area contributed by atoms with E-state index in [1.807, 2.05) is 0 Å². The predicted octanol–water partition coefficient (Wildman–Crippen LogP) is 2.03. The largest absolute Gasteiger partial charge is 0.379 e. The number of rotatable bonds is 3. The topological polar surface area (TPSA) is 75.4 Å². The molecule has 1 aromatic carbocycles. The molecule has 0 spiro atoms. The molecule has 21 heavy (non-hydrogen) atoms. The number of sulfonamides is 1. The van der Waals surface area contributed by atoms with Crippen LogP contribution in [0.3, 0.4) is 0 Å². The maximum Gasteiger partial charge on any atom is 0.238 e. The van der Waals surface area contributed by atoms with E-state index in [2.05, 4.69) is 10.2 Å². The Morgan fingerprint density at radius 1 is 1.24 bits per heavy atom. The molecule has 2 unspecified atom stereocenters. The lowest BCUT2D eigenvalue weighted by atomic mass is 9.99. The van der Waals surface area contributed by atoms with E-state index < -0.39 is 10.0 Å². The number of fused-ring (bicyclic) bond motifs is 1. The van der Waals surface area contributed by atoms with Crippen molar-refractivity contribution >= 4 is 27.3 Å². The van der Waals surface area contributed by atoms with Crippen LogP contribution in [0.4, 0.5) is 5.69 Å². The lowest BCUT2D eigenvalue weighted by Crippen LogP contribution is -2.41. The normalized spacial score (nSPS) is 26.6. The second-order valence-corrected chi connectivity index (χ2v) is 7.79. The Kier molecular flexibility index (Phi) is 4.14. The first-order valence-electron chi connectivity index (χ1n) is 7.28. The van der Waals surface area contributed by atoms with E-state index in [1.54, 1.807) is 6.07 Å². The van der Waals surface area contributed by atoms with E-state index in [9.17, 15) is 8.42 Å². The number of nitrogens with one attached hydrogen (secondary N) is 1. The zero-order chi connectivity index (χ0) is 15.0. The molecule has 0 aromatic heterocycles. The third-order valence-electron chi connectivity index (χ3n) is 4.46. The van der Waals surface area contributed by atoms with Crippen LogP contribution in [0.5, 0.6) is 0 Å². The van der Waals surface area contributed by atoms with E-state index in [0.717, 1.165) is 19.5 Å². The molecule has 0 amide bonds. The number of benzene rings is 1. The summed E-state index contributed by atoms with van der Waals surface area (Å²) in [6, 6.07) is 5.39. The van der Waals surface area contributed by atoms with Crippen LogP contribution in [-0.2, 0) is 10.0 Å². The van der Waals surface area contributed by atoms with E-state index in [1.165, 1.54) is 31.4 Å². The van der Waals surface area contributed by atoms with Gasteiger partial charge in [-0.3, -0.25) is 4.90 Å². The van der Waals surface area contributed by atoms with E-state index in [0.29, 0.717) is 22.8 Å². The van der Waals surface area contributed by atoms with Crippen LogP contribution >= 0.6 is 11.6 Å². The molecule has 3 rings (SSSR count). The summed E-state index contributed by atoms with van der Waals surface area (Å²) in [6.07, 6.45) is 4.76. The van der Waals surface area contributed by atoms with Crippen LogP contribution in [0, 0.1) is 0 Å². The Balaban J connectivity index is 1.81. The highest BCUT2D eigenvalue weighted by molar-refractivity contribution is 7.89. The monoisotopic (exact) mass is 329 g/mol. The van der Waals surface area contributed by atoms with Gasteiger partial charge in [-0.25, -0.2) is 13.6 Å². The van der Waals surface area contributed by atoms with Crippen molar-refractivity contribution in [2.45, 2.75) is 42.7 Å². The number of anilines is 1. The highest BCUT2D eigenvalue weighted by Crippen LogP contribution is 2.32. The Labute approximate surface area is 130 Å². The summed E-state index contributed by atoms with van der Waals surface area (Å²) < 4.78 is 22.9. The molecule has 2 atom stereocenters. The van der Waals surface area contributed by atoms with Gasteiger partial charge < -0.3 is 5.32 Å². The molecule has 116 valence electrons. The smallest absolute Gasteiger partial charge is 0.238 e. The van der Waals surface area contributed by atoms with E-state index in [-0.39, 0.29) is 4.90 Å². The molecule has 2 fully saturated rings. The summed E-state index contributed by atoms with van der Waals surface area (Å²) in [4.78, 5) is 2.60. The van der Waals surface area contributed by atoms with Gasteiger partial charge in [0.25, 0.3) is 0 Å². The highest BCUT2D eigenvalue weighted by Gasteiger charge is 2.35. The van der Waals surface area contributed by atoms with Crippen LogP contribution in [0.2, 0.25) is 5.02 Å². The molecule has 7 heteroatoms. The lowest BCUT2D eigenvalue weighted by Gasteiger charge is -2.33. The van der Waals surface area contributed by atoms with Gasteiger partial charge in [0.05, 0.1) is 15.6 Å². The molecule has 5 nitrogen and oxygen atoms in total. The van der Waals surface area contributed by atoms with Crippen molar-refractivity contribution in [3.05, 3.63) is 23.2 Å². The number of nitrogens with two attached hydrogens (primary N) is 1. The van der Waals surface area contributed by atoms with E-state index >= 15 is 0 Å². The van der Waals surface area contributed by atoms with Gasteiger partial charge in [0.2, 0.25) is 10.0 Å². The van der Waals surface area contributed by atoms with Crippen molar-refractivity contribution in [1.29, 1.82) is 0 Å². The molecular formula is C14H20ClN3O2S. The van der Waals surface area contributed by atoms with Crippen molar-refractivity contribution < 1.29 is 8.42 Å². The van der Waals surface area contributed by atoms with Crippen LogP contribution in [0.15, 0.2) is 23.1 Å². The summed E-state index contributed by atoms with van der Waals surface area (Å²) in [5, 5.41) is 9.14. The minimum absolute atomic E-state index is 0.0906. The van der Waals surface area contributed by atoms with Crippen molar-refractivity contribution in [3.8, 4) is 0 Å². The third-order valence-corrected chi connectivity index (χ3v) is 5.70. The number of hydrogen-bond acceptors (Lipinski definition) is 4. The van der Waals surface area contributed by atoms with Gasteiger partial charge in [-0.15, -0.1) is 0 Å². The first kappa shape index (κ1) is 15.1. The zero-order valence-corrected chi connectivity index (χ0v) is 13.3. The molecule has 0 aliphatic carbocycles. The fourth-order valence-corrected chi connectivity index (χ4v) is 4.12. The van der Waals surface area contributed by atoms with Crippen molar-refractivity contribution in [2.24, 2.45) is 5.14 Å². The molecule has 0 saturated carbocycles. The molecule has 0 radical (unpaired) electrons. The van der Waals surface area contributed by atoms with Crippen molar-refractivity contribution in [3.63, 3.8) is 0 Å². The summed E-state index contributed by atoms with van der Waals surface area (Å²) >= 11 is 6.19. The quantitative estimate of drug-likeness (QED) is 0.889. The predicted molar refractivity (Wildman–Crippen MR) is 84.1 cm³/mol. The SMILES string of the molecule is NS(=O)(=O)c1ccc(Cl)c(NC2CCN3CCCCC23)c1. The van der Waals surface area contributed by atoms with E-state index in [4.69, 9.17) is 16.7 Å². The fraction of sp³-hybridized carbons (Fsp3) is 0.571. The van der Waals surface area contributed by atoms with Crippen molar-refractivity contribution in [2.75, 3.05) is 18.4 Å². The molecule has 0 bridgehead atoms. The Morgan fingerprint density at radius 2 is 2.05 bits per heavy atom. The average molecular weight is 330 g/mol. The molecule has 2 saturated heterocycles. The first-order chi connectivity index (χ1) is 9.95. The van der Waals surface area contributed by atoms with Crippen LogP contribution < -0.4 is 10.5 Å². The maximum atomic E-state index is 11.5. The van der Waals surface area contributed by atoms with Gasteiger partial charge in [0, 0.05) is 18.6 Å². The second kappa shape index (κ2) is 5.76. The minimum Gasteiger partial charge on any atom is -0.379 e. The van der Waals surface area contributed by atoms with Gasteiger partial charge >= 0.3 is 0 Å². The van der Waals surface area contributed by atoms with Gasteiger partial charge in [-0.2, -0.15) is 0 Å². The number of primary sulfonamides is 1. The molecule has 3 N–H and O–H groups in total. The number of halogens is 1. The molecule has 1 aromatic rings. The first-order valence-corrected chi connectivity index (χ1v) is 9.20. The summed E-state index contributed by atoms with van der Waals surface area (Å²) in [5.41, 5.74) is 0.653. The van der Waals surface area contributed by atoms with Gasteiger partial charge in [0.1, 0.15) is 0 Å². The van der Waals surface area contributed by atoms with Gasteiger partial charge in [-0.1, -0.05) is 18.0 Å². The summed E-state index contributed by atoms with van der Waals surface area (Å²) in [7, 11) is -3.71. The minimum atomic E-state index is -3.71. The number of nitrogens with zero attached hydrogens (tertiary/aromatic N) is 1. The lowest BCUT2D eigenvalue weighted by molar-refractivity contribution is 0.193. The Bertz CT molecular complexity index is 635. The van der Waals surface area contributed by atoms with Crippen LogP contribution in [0.1, 0.15) is 25.7 Å². The molecule has 2 heterocycles. The van der Waals surface area contributed by atoms with Crippen molar-refractivity contribution in [1.82, 2.24) is 4.90 Å². The summed E-state index contributed by atoms with van der Waals surface area (Å²) in [5.74, 6) is 0. The second-order valence-electron chi connectivity index (χ2n) is 5.83. The standard InChI is InChI=1S/C14H20ClN3O2S/c15-11-5-4-10(21(16,19)20)9-13(11)17-12-6-8-18-7-2-1-3-14(12)18/h4-5,9,12,14,17H,1-3,6-8H2,(H2,16,19,20). The Morgan fingerprint density at radius 3 is 2.81 bits per heavy atom. The van der Waals surface area contributed by atoms with Crippen LogP contribution in [-0.4, -0.2) is 38.5 Å². The third kappa shape index (κ3) is 3.18. The van der Waals surface area contributed by atoms with Gasteiger partial charge in [-0.05, 0) is 44.0 Å². The maximum absolute atomic E-state index is 11.5.